The number of hydrogen-bond donors (Lipinski definition) is 1. The number of rotatable bonds is 3. The molecule has 2 rings (SSSR count). The quantitative estimate of drug-likeness (QED) is 0.805. The minimum Gasteiger partial charge on any atom is -0.324 e. The van der Waals surface area contributed by atoms with Crippen LogP contribution in [0.1, 0.15) is 24.3 Å². The Morgan fingerprint density at radius 3 is 2.81 bits per heavy atom. The Bertz CT molecular complexity index is 490. The van der Waals surface area contributed by atoms with E-state index in [0.717, 1.165) is 23.8 Å². The van der Waals surface area contributed by atoms with Crippen LogP contribution in [0.5, 0.6) is 0 Å². The van der Waals surface area contributed by atoms with Crippen LogP contribution in [0.4, 0.5) is 0 Å². The minimum absolute atomic E-state index is 0.331. The summed E-state index contributed by atoms with van der Waals surface area (Å²) >= 11 is 0. The topological polar surface area (TPSA) is 82.5 Å². The Hall–Kier alpha value is -1.82. The van der Waals surface area contributed by atoms with E-state index in [2.05, 4.69) is 27.0 Å². The first-order valence-corrected chi connectivity index (χ1v) is 5.18. The van der Waals surface area contributed by atoms with Crippen molar-refractivity contribution in [3.63, 3.8) is 0 Å². The normalized spacial score (nSPS) is 10.7. The maximum atomic E-state index is 5.46. The molecule has 0 atom stereocenters. The Labute approximate surface area is 93.6 Å². The van der Waals surface area contributed by atoms with Gasteiger partial charge >= 0.3 is 0 Å². The molecule has 16 heavy (non-hydrogen) atoms. The largest absolute Gasteiger partial charge is 0.324 e. The van der Waals surface area contributed by atoms with Gasteiger partial charge < -0.3 is 5.73 Å². The Morgan fingerprint density at radius 1 is 1.38 bits per heavy atom. The van der Waals surface area contributed by atoms with Crippen LogP contribution in [0, 0.1) is 6.92 Å². The highest BCUT2D eigenvalue weighted by Gasteiger charge is 2.05. The lowest BCUT2D eigenvalue weighted by Crippen LogP contribution is -2.05. The lowest BCUT2D eigenvalue weighted by Gasteiger charge is -2.03. The molecule has 2 aromatic rings. The van der Waals surface area contributed by atoms with Crippen molar-refractivity contribution in [1.82, 2.24) is 24.7 Å². The standard InChI is InChI=1S/C10H14N6/c1-3-8-4-10(14-7(2)13-8)16-6-12-9(5-11)15-16/h4,6H,3,5,11H2,1-2H3. The number of nitrogens with zero attached hydrogens (tertiary/aromatic N) is 5. The molecule has 6 heteroatoms. The van der Waals surface area contributed by atoms with Gasteiger partial charge in [-0.15, -0.1) is 5.10 Å². The van der Waals surface area contributed by atoms with E-state index in [1.807, 2.05) is 13.0 Å². The maximum absolute atomic E-state index is 5.46. The number of aryl methyl sites for hydroxylation is 2. The first kappa shape index (κ1) is 10.7. The molecule has 0 aliphatic heterocycles. The molecule has 0 saturated carbocycles. The van der Waals surface area contributed by atoms with Crippen molar-refractivity contribution in [2.24, 2.45) is 5.73 Å². The van der Waals surface area contributed by atoms with Crippen LogP contribution in [0.3, 0.4) is 0 Å². The highest BCUT2D eigenvalue weighted by molar-refractivity contribution is 5.23. The van der Waals surface area contributed by atoms with E-state index >= 15 is 0 Å². The third kappa shape index (κ3) is 2.06. The van der Waals surface area contributed by atoms with Crippen molar-refractivity contribution in [3.05, 3.63) is 29.7 Å². The van der Waals surface area contributed by atoms with E-state index in [1.165, 1.54) is 0 Å². The van der Waals surface area contributed by atoms with E-state index in [9.17, 15) is 0 Å². The third-order valence-electron chi connectivity index (χ3n) is 2.20. The van der Waals surface area contributed by atoms with Crippen LogP contribution < -0.4 is 5.73 Å². The van der Waals surface area contributed by atoms with Crippen LogP contribution >= 0.6 is 0 Å². The molecule has 2 N–H and O–H groups in total. The molecule has 84 valence electrons. The summed E-state index contributed by atoms with van der Waals surface area (Å²) in [6.45, 7) is 4.25. The molecule has 0 aromatic carbocycles. The summed E-state index contributed by atoms with van der Waals surface area (Å²) in [7, 11) is 0. The summed E-state index contributed by atoms with van der Waals surface area (Å²) in [5, 5.41) is 4.21. The van der Waals surface area contributed by atoms with Gasteiger partial charge in [-0.2, -0.15) is 0 Å². The molecule has 0 aliphatic rings. The van der Waals surface area contributed by atoms with Crippen LogP contribution in [0.25, 0.3) is 5.82 Å². The number of aromatic nitrogens is 5. The van der Waals surface area contributed by atoms with Gasteiger partial charge in [0.25, 0.3) is 0 Å². The molecule has 0 saturated heterocycles. The molecule has 2 heterocycles. The van der Waals surface area contributed by atoms with Gasteiger partial charge in [0, 0.05) is 11.8 Å². The zero-order valence-electron chi connectivity index (χ0n) is 9.38. The zero-order valence-corrected chi connectivity index (χ0v) is 9.38. The second-order valence-electron chi connectivity index (χ2n) is 3.43. The molecule has 0 unspecified atom stereocenters. The molecule has 0 amide bonds. The lowest BCUT2D eigenvalue weighted by atomic mass is 10.3. The van der Waals surface area contributed by atoms with Crippen LogP contribution in [-0.2, 0) is 13.0 Å². The summed E-state index contributed by atoms with van der Waals surface area (Å²) in [6.07, 6.45) is 2.48. The molecule has 0 spiro atoms. The molecule has 6 nitrogen and oxygen atoms in total. The SMILES string of the molecule is CCc1cc(-n2cnc(CN)n2)nc(C)n1. The fraction of sp³-hybridized carbons (Fsp3) is 0.400. The summed E-state index contributed by atoms with van der Waals surface area (Å²) < 4.78 is 1.62. The average molecular weight is 218 g/mol. The van der Waals surface area contributed by atoms with E-state index in [0.29, 0.717) is 12.4 Å². The second-order valence-corrected chi connectivity index (χ2v) is 3.43. The van der Waals surface area contributed by atoms with E-state index < -0.39 is 0 Å². The Morgan fingerprint density at radius 2 is 2.19 bits per heavy atom. The maximum Gasteiger partial charge on any atom is 0.164 e. The van der Waals surface area contributed by atoms with Gasteiger partial charge in [-0.1, -0.05) is 6.92 Å². The van der Waals surface area contributed by atoms with Crippen molar-refractivity contribution >= 4 is 0 Å². The van der Waals surface area contributed by atoms with Crippen LogP contribution in [0.2, 0.25) is 0 Å². The summed E-state index contributed by atoms with van der Waals surface area (Å²) in [5.41, 5.74) is 6.45. The van der Waals surface area contributed by atoms with Gasteiger partial charge in [0.2, 0.25) is 0 Å². The molecular weight excluding hydrogens is 204 g/mol. The average Bonchev–Trinajstić information content (AvgIpc) is 2.76. The summed E-state index contributed by atoms with van der Waals surface area (Å²) in [5.74, 6) is 2.07. The molecule has 0 bridgehead atoms. The molecule has 0 fully saturated rings. The monoisotopic (exact) mass is 218 g/mol. The van der Waals surface area contributed by atoms with Gasteiger partial charge in [0.15, 0.2) is 11.6 Å². The predicted molar refractivity (Wildman–Crippen MR) is 59.0 cm³/mol. The van der Waals surface area contributed by atoms with Crippen molar-refractivity contribution < 1.29 is 0 Å². The van der Waals surface area contributed by atoms with Crippen LogP contribution in [-0.4, -0.2) is 24.7 Å². The Kier molecular flexibility index (Phi) is 2.91. The van der Waals surface area contributed by atoms with Crippen molar-refractivity contribution in [3.8, 4) is 5.82 Å². The second kappa shape index (κ2) is 4.36. The van der Waals surface area contributed by atoms with Gasteiger partial charge in [-0.3, -0.25) is 0 Å². The van der Waals surface area contributed by atoms with E-state index in [4.69, 9.17) is 5.73 Å². The third-order valence-corrected chi connectivity index (χ3v) is 2.20. The number of nitrogens with two attached hydrogens (primary N) is 1. The van der Waals surface area contributed by atoms with Gasteiger partial charge in [0.05, 0.1) is 6.54 Å². The summed E-state index contributed by atoms with van der Waals surface area (Å²) in [4.78, 5) is 12.7. The molecule has 2 aromatic heterocycles. The zero-order chi connectivity index (χ0) is 11.5. The predicted octanol–water partition coefficient (Wildman–Crippen LogP) is 0.387. The lowest BCUT2D eigenvalue weighted by molar-refractivity contribution is 0.788. The highest BCUT2D eigenvalue weighted by Crippen LogP contribution is 2.06. The Balaban J connectivity index is 2.42. The van der Waals surface area contributed by atoms with Gasteiger partial charge in [-0.05, 0) is 13.3 Å². The fourth-order valence-corrected chi connectivity index (χ4v) is 1.41. The number of hydrogen-bond acceptors (Lipinski definition) is 5. The van der Waals surface area contributed by atoms with Crippen molar-refractivity contribution in [2.45, 2.75) is 26.8 Å². The van der Waals surface area contributed by atoms with E-state index in [-0.39, 0.29) is 0 Å². The van der Waals surface area contributed by atoms with Gasteiger partial charge in [0.1, 0.15) is 12.2 Å². The first-order chi connectivity index (χ1) is 7.72. The molecule has 0 aliphatic carbocycles. The molecular formula is C10H14N6. The van der Waals surface area contributed by atoms with Crippen molar-refractivity contribution in [2.75, 3.05) is 0 Å². The fourth-order valence-electron chi connectivity index (χ4n) is 1.41. The highest BCUT2D eigenvalue weighted by atomic mass is 15.4. The van der Waals surface area contributed by atoms with Crippen LogP contribution in [0.15, 0.2) is 12.4 Å². The molecule has 0 radical (unpaired) electrons. The van der Waals surface area contributed by atoms with Gasteiger partial charge in [-0.25, -0.2) is 19.6 Å². The van der Waals surface area contributed by atoms with Crippen molar-refractivity contribution in [1.29, 1.82) is 0 Å². The van der Waals surface area contributed by atoms with E-state index in [1.54, 1.807) is 11.0 Å². The smallest absolute Gasteiger partial charge is 0.164 e. The summed E-state index contributed by atoms with van der Waals surface area (Å²) in [6, 6.07) is 1.90. The first-order valence-electron chi connectivity index (χ1n) is 5.18. The minimum atomic E-state index is 0.331.